The molecule has 2 saturated heterocycles. The van der Waals surface area contributed by atoms with Crippen LogP contribution in [0, 0.1) is 0 Å². The molecule has 0 spiro atoms. The van der Waals surface area contributed by atoms with Crippen molar-refractivity contribution in [1.82, 2.24) is 0 Å². The molecule has 9 heavy (non-hydrogen) atoms. The summed E-state index contributed by atoms with van der Waals surface area (Å²) in [6, 6.07) is 0. The van der Waals surface area contributed by atoms with Gasteiger partial charge in [0.1, 0.15) is 7.92 Å². The zero-order valence-electron chi connectivity index (χ0n) is 4.25. The molecule has 0 bridgehead atoms. The first kappa shape index (κ1) is 6.16. The first-order valence-electron chi connectivity index (χ1n) is 2.28. The fourth-order valence-electron chi connectivity index (χ4n) is 0.792. The minimum absolute atomic E-state index is 0.108. The summed E-state index contributed by atoms with van der Waals surface area (Å²) in [4.78, 5) is 20.7. The van der Waals surface area contributed by atoms with Gasteiger partial charge in [0.25, 0.3) is 0 Å². The largest absolute Gasteiger partial charge is 0.441 e. The lowest BCUT2D eigenvalue weighted by Crippen LogP contribution is -2.43. The Kier molecular flexibility index (Phi) is 1.05. The maximum Gasteiger partial charge on any atom is 0.340 e. The van der Waals surface area contributed by atoms with Crippen molar-refractivity contribution in [2.75, 3.05) is 0 Å². The van der Waals surface area contributed by atoms with Crippen LogP contribution in [0.15, 0.2) is 0 Å². The molecule has 0 aromatic carbocycles. The number of carbonyl (C=O) groups excluding carboxylic acids is 2. The second-order valence-electron chi connectivity index (χ2n) is 1.83. The molecule has 0 aromatic heterocycles. The number of rotatable bonds is 0. The Balaban J connectivity index is 2.26. The molecule has 2 aliphatic heterocycles. The standard InChI is InChI=1S/C3H3O3P3/c4-1-6-3(7)8-2(5)9(1)3/h8H,7H2/t3-,9?/m0/s1. The van der Waals surface area contributed by atoms with E-state index < -0.39 is 7.92 Å². The van der Waals surface area contributed by atoms with Crippen LogP contribution in [0.3, 0.4) is 0 Å². The predicted octanol–water partition coefficient (Wildman–Crippen LogP) is 1.92. The average molecular weight is 180 g/mol. The minimum Gasteiger partial charge on any atom is -0.441 e. The molecule has 48 valence electrons. The number of fused-ring (bicyclic) bond motifs is 1. The third-order valence-electron chi connectivity index (χ3n) is 1.25. The summed E-state index contributed by atoms with van der Waals surface area (Å²) in [6.45, 7) is 0. The molecule has 2 aliphatic rings. The molecule has 2 rings (SSSR count). The van der Waals surface area contributed by atoms with Crippen LogP contribution in [0.25, 0.3) is 0 Å². The number of carbonyl (C=O) groups is 2. The topological polar surface area (TPSA) is 43.4 Å². The van der Waals surface area contributed by atoms with Crippen LogP contribution >= 0.6 is 25.7 Å². The lowest BCUT2D eigenvalue weighted by molar-refractivity contribution is 0.155. The molecule has 0 aromatic rings. The van der Waals surface area contributed by atoms with Crippen molar-refractivity contribution in [1.29, 1.82) is 0 Å². The monoisotopic (exact) mass is 180 g/mol. The van der Waals surface area contributed by atoms with Crippen molar-refractivity contribution in [3.8, 4) is 0 Å². The normalized spacial score (nSPS) is 49.2. The van der Waals surface area contributed by atoms with E-state index in [1.165, 1.54) is 0 Å². The predicted molar refractivity (Wildman–Crippen MR) is 39.6 cm³/mol. The molecule has 3 nitrogen and oxygen atoms in total. The van der Waals surface area contributed by atoms with E-state index in [1.54, 1.807) is 0 Å². The summed E-state index contributed by atoms with van der Waals surface area (Å²) in [5.74, 6) is 0. The minimum atomic E-state index is -1.03. The molecule has 6 heteroatoms. The zero-order chi connectivity index (χ0) is 6.65. The van der Waals surface area contributed by atoms with Gasteiger partial charge in [-0.2, -0.15) is 0 Å². The summed E-state index contributed by atoms with van der Waals surface area (Å²) in [6.07, 6.45) is 0. The Bertz CT molecular complexity index is 194. The van der Waals surface area contributed by atoms with E-state index in [2.05, 4.69) is 9.24 Å². The van der Waals surface area contributed by atoms with Gasteiger partial charge >= 0.3 is 5.71 Å². The van der Waals surface area contributed by atoms with Gasteiger partial charge < -0.3 is 4.74 Å². The van der Waals surface area contributed by atoms with E-state index >= 15 is 0 Å². The third kappa shape index (κ3) is 0.584. The van der Waals surface area contributed by atoms with Gasteiger partial charge in [0.05, 0.1) is 0 Å². The maximum absolute atomic E-state index is 10.6. The molecule has 3 unspecified atom stereocenters. The molecule has 0 saturated carbocycles. The fourth-order valence-corrected chi connectivity index (χ4v) is 6.64. The molecular formula is C3H3O3P3. The Morgan fingerprint density at radius 2 is 2.33 bits per heavy atom. The second kappa shape index (κ2) is 1.53. The van der Waals surface area contributed by atoms with Gasteiger partial charge in [-0.1, -0.05) is 9.24 Å². The van der Waals surface area contributed by atoms with Gasteiger partial charge in [-0.3, -0.25) is 4.79 Å². The lowest BCUT2D eigenvalue weighted by atomic mass is 11.3. The number of hydrogen-bond donors (Lipinski definition) is 0. The van der Waals surface area contributed by atoms with Crippen molar-refractivity contribution in [2.45, 2.75) is 4.82 Å². The Labute approximate surface area is 56.6 Å². The van der Waals surface area contributed by atoms with Crippen LogP contribution in [0.1, 0.15) is 0 Å². The van der Waals surface area contributed by atoms with Crippen molar-refractivity contribution in [3.63, 3.8) is 0 Å². The van der Waals surface area contributed by atoms with Crippen LogP contribution in [0.5, 0.6) is 0 Å². The Morgan fingerprint density at radius 1 is 1.67 bits per heavy atom. The molecule has 4 atom stereocenters. The molecule has 2 heterocycles. The van der Waals surface area contributed by atoms with Crippen LogP contribution in [-0.4, -0.2) is 15.8 Å². The van der Waals surface area contributed by atoms with Gasteiger partial charge in [-0.15, -0.1) is 0 Å². The molecule has 0 aliphatic carbocycles. The highest BCUT2D eigenvalue weighted by Crippen LogP contribution is 2.84. The fraction of sp³-hybridized carbons (Fsp3) is 0.333. The molecule has 0 amide bonds. The van der Waals surface area contributed by atoms with Crippen molar-refractivity contribution >= 4 is 36.7 Å². The van der Waals surface area contributed by atoms with Crippen LogP contribution in [0.4, 0.5) is 9.59 Å². The van der Waals surface area contributed by atoms with Gasteiger partial charge in [-0.05, 0) is 0 Å². The maximum atomic E-state index is 10.6. The summed E-state index contributed by atoms with van der Waals surface area (Å²) < 4.78 is 4.74. The van der Waals surface area contributed by atoms with Gasteiger partial charge in [0.15, 0.2) is 10.1 Å². The van der Waals surface area contributed by atoms with E-state index in [4.69, 9.17) is 4.74 Å². The molecule has 0 N–H and O–H groups in total. The highest BCUT2D eigenvalue weighted by molar-refractivity contribution is 8.21. The van der Waals surface area contributed by atoms with Gasteiger partial charge in [-0.25, -0.2) is 4.79 Å². The molecule has 2 fully saturated rings. The quantitative estimate of drug-likeness (QED) is 0.534. The average Bonchev–Trinajstić information content (AvgIpc) is 1.61. The Morgan fingerprint density at radius 3 is 2.56 bits per heavy atom. The lowest BCUT2D eigenvalue weighted by Gasteiger charge is -2.50. The van der Waals surface area contributed by atoms with Crippen LogP contribution in [-0.2, 0) is 4.74 Å². The van der Waals surface area contributed by atoms with E-state index in [0.717, 1.165) is 0 Å². The summed E-state index contributed by atoms with van der Waals surface area (Å²) >= 11 is 0. The molecular weight excluding hydrogens is 177 g/mol. The summed E-state index contributed by atoms with van der Waals surface area (Å²) in [7, 11) is 1.59. The van der Waals surface area contributed by atoms with Crippen molar-refractivity contribution < 1.29 is 14.3 Å². The highest BCUT2D eigenvalue weighted by Gasteiger charge is 2.67. The number of hydrogen-bond acceptors (Lipinski definition) is 3. The number of ether oxygens (including phenoxy) is 1. The summed E-state index contributed by atoms with van der Waals surface area (Å²) in [5.41, 5.74) is -0.288. The summed E-state index contributed by atoms with van der Waals surface area (Å²) in [5, 5.41) is 0.108. The van der Waals surface area contributed by atoms with Gasteiger partial charge in [0, 0.05) is 8.58 Å². The van der Waals surface area contributed by atoms with Crippen molar-refractivity contribution in [2.24, 2.45) is 0 Å². The second-order valence-corrected chi connectivity index (χ2v) is 8.10. The first-order valence-corrected chi connectivity index (χ1v) is 5.19. The first-order chi connectivity index (χ1) is 4.13. The van der Waals surface area contributed by atoms with Crippen LogP contribution < -0.4 is 0 Å². The smallest absolute Gasteiger partial charge is 0.340 e. The zero-order valence-corrected chi connectivity index (χ0v) is 7.30. The highest BCUT2D eigenvalue weighted by atomic mass is 31.2. The van der Waals surface area contributed by atoms with Crippen LogP contribution in [0.2, 0.25) is 0 Å². The molecule has 0 radical (unpaired) electrons. The van der Waals surface area contributed by atoms with Crippen molar-refractivity contribution in [3.05, 3.63) is 0 Å². The van der Waals surface area contributed by atoms with E-state index in [-0.39, 0.29) is 24.4 Å². The van der Waals surface area contributed by atoms with E-state index in [9.17, 15) is 9.59 Å². The Hall–Kier alpha value is 0.430. The SMILES string of the molecule is O=C1O[C@]2(P)PC(=O)P12. The third-order valence-corrected chi connectivity index (χ3v) is 6.88. The van der Waals surface area contributed by atoms with Gasteiger partial charge in [0.2, 0.25) is 0 Å². The van der Waals surface area contributed by atoms with E-state index in [1.807, 2.05) is 0 Å². The van der Waals surface area contributed by atoms with E-state index in [0.29, 0.717) is 0 Å².